The molecule has 0 aliphatic carbocycles. The zero-order chi connectivity index (χ0) is 37.1. The Morgan fingerprint density at radius 1 is 1.12 bits per heavy atom. The second kappa shape index (κ2) is 13.4. The number of fused-ring (bicyclic) bond motifs is 3. The standard InChI is InChI=1S/C31H32ClF3N10O6S/c1-17-25(47)24(37-16-36-17)27(49)41-7-5-30(6-8-41)23-21(15-51-30)44(14-22(46)38-20-4-3-18(13-19(20)32)31(33,34)35)29-39-28(40-45(29)26(23)48)42-9-11-43(12-10-42)52(2)50/h3-4,13,16,47H,5-12,14-15H2,1-2H3,(H,38,46). The smallest absolute Gasteiger partial charge is 0.416 e. The van der Waals surface area contributed by atoms with Crippen LogP contribution in [0.15, 0.2) is 29.3 Å². The number of likely N-dealkylation sites (tertiary alicyclic amines) is 1. The Balaban J connectivity index is 1.22. The molecular formula is C31H32ClF3N10O6S. The van der Waals surface area contributed by atoms with Crippen molar-refractivity contribution in [3.05, 3.63) is 68.1 Å². The first-order valence-electron chi connectivity index (χ1n) is 16.1. The van der Waals surface area contributed by atoms with E-state index < -0.39 is 52.2 Å². The topological polar surface area (TPSA) is 180 Å². The minimum absolute atomic E-state index is 0.0387. The fraction of sp³-hybridized carbons (Fsp3) is 0.452. The molecule has 3 aliphatic heterocycles. The third-order valence-electron chi connectivity index (χ3n) is 9.61. The van der Waals surface area contributed by atoms with Crippen LogP contribution in [0.4, 0.5) is 24.8 Å². The van der Waals surface area contributed by atoms with E-state index in [4.69, 9.17) is 16.3 Å². The van der Waals surface area contributed by atoms with Crippen molar-refractivity contribution in [2.75, 3.05) is 55.7 Å². The average Bonchev–Trinajstić information content (AvgIpc) is 3.72. The number of aryl methyl sites for hydroxylation is 1. The maximum absolute atomic E-state index is 14.3. The molecule has 2 N–H and O–H groups in total. The van der Waals surface area contributed by atoms with Crippen LogP contribution in [0.25, 0.3) is 5.78 Å². The summed E-state index contributed by atoms with van der Waals surface area (Å²) in [7, 11) is -1.16. The number of alkyl halides is 3. The van der Waals surface area contributed by atoms with Gasteiger partial charge in [0.05, 0.1) is 50.8 Å². The number of ether oxygens (including phenoxy) is 1. The molecule has 3 aliphatic rings. The van der Waals surface area contributed by atoms with Gasteiger partial charge in [0.15, 0.2) is 11.4 Å². The molecule has 1 spiro atoms. The van der Waals surface area contributed by atoms with Crippen molar-refractivity contribution < 1.29 is 36.8 Å². The van der Waals surface area contributed by atoms with E-state index in [9.17, 15) is 36.9 Å². The maximum atomic E-state index is 14.3. The molecule has 1 aromatic carbocycles. The van der Waals surface area contributed by atoms with Crippen LogP contribution < -0.4 is 15.8 Å². The van der Waals surface area contributed by atoms with Crippen LogP contribution in [0.1, 0.15) is 45.8 Å². The lowest BCUT2D eigenvalue weighted by Gasteiger charge is -2.38. The normalized spacial score (nSPS) is 18.2. The SMILES string of the molecule is Cc1ncnc(C(=O)N2CCC3(CC2)OCc2c3c(=O)n3nc(N4CCN(S(C)=O)CC4)nc3n2CC(=O)Nc2ccc(C(F)(F)F)cc2Cl)c1O. The lowest BCUT2D eigenvalue weighted by molar-refractivity contribution is -0.137. The first kappa shape index (κ1) is 35.7. The summed E-state index contributed by atoms with van der Waals surface area (Å²) in [4.78, 5) is 57.0. The van der Waals surface area contributed by atoms with Crippen molar-refractivity contribution in [1.82, 2.24) is 38.3 Å². The molecule has 16 nitrogen and oxygen atoms in total. The Labute approximate surface area is 300 Å². The van der Waals surface area contributed by atoms with Gasteiger partial charge in [0.25, 0.3) is 11.5 Å². The second-order valence-corrected chi connectivity index (χ2v) is 14.4. The van der Waals surface area contributed by atoms with Gasteiger partial charge in [-0.1, -0.05) is 11.6 Å². The summed E-state index contributed by atoms with van der Waals surface area (Å²) < 4.78 is 62.4. The molecule has 1 unspecified atom stereocenters. The van der Waals surface area contributed by atoms with Gasteiger partial charge in [-0.25, -0.2) is 18.5 Å². The van der Waals surface area contributed by atoms with Gasteiger partial charge in [-0.2, -0.15) is 22.7 Å². The fourth-order valence-electron chi connectivity index (χ4n) is 6.79. The third-order valence-corrected chi connectivity index (χ3v) is 11.0. The molecular weight excluding hydrogens is 733 g/mol. The van der Waals surface area contributed by atoms with Crippen LogP contribution in [0.5, 0.6) is 5.75 Å². The van der Waals surface area contributed by atoms with E-state index in [0.717, 1.165) is 16.6 Å². The molecule has 2 fully saturated rings. The molecule has 7 rings (SSSR count). The summed E-state index contributed by atoms with van der Waals surface area (Å²) in [6.45, 7) is 3.12. The number of aromatic hydroxyl groups is 1. The van der Waals surface area contributed by atoms with Gasteiger partial charge in [0.2, 0.25) is 17.6 Å². The number of hydrogen-bond donors (Lipinski definition) is 2. The minimum atomic E-state index is -4.63. The Kier molecular flexibility index (Phi) is 9.20. The van der Waals surface area contributed by atoms with Gasteiger partial charge in [0, 0.05) is 45.5 Å². The van der Waals surface area contributed by atoms with Gasteiger partial charge in [-0.05, 0) is 38.0 Å². The summed E-state index contributed by atoms with van der Waals surface area (Å²) >= 11 is 6.11. The van der Waals surface area contributed by atoms with E-state index in [1.54, 1.807) is 17.5 Å². The Hall–Kier alpha value is -4.66. The van der Waals surface area contributed by atoms with Crippen LogP contribution in [0, 0.1) is 6.92 Å². The zero-order valence-electron chi connectivity index (χ0n) is 27.8. The number of carbonyl (C=O) groups is 2. The summed E-state index contributed by atoms with van der Waals surface area (Å²) in [6.07, 6.45) is -1.45. The molecule has 0 saturated carbocycles. The van der Waals surface area contributed by atoms with Crippen LogP contribution in [0.2, 0.25) is 5.02 Å². The molecule has 0 radical (unpaired) electrons. The van der Waals surface area contributed by atoms with E-state index in [0.29, 0.717) is 37.9 Å². The Bertz CT molecular complexity index is 2180. The predicted molar refractivity (Wildman–Crippen MR) is 180 cm³/mol. The number of piperazine rings is 1. The van der Waals surface area contributed by atoms with Gasteiger partial charge >= 0.3 is 6.18 Å². The minimum Gasteiger partial charge on any atom is -0.504 e. The number of halogens is 4. The van der Waals surface area contributed by atoms with Crippen LogP contribution in [-0.2, 0) is 45.4 Å². The van der Waals surface area contributed by atoms with Crippen molar-refractivity contribution in [2.45, 2.75) is 44.7 Å². The number of amides is 2. The van der Waals surface area contributed by atoms with E-state index in [1.165, 1.54) is 15.8 Å². The molecule has 1 atom stereocenters. The highest BCUT2D eigenvalue weighted by atomic mass is 35.5. The Morgan fingerprint density at radius 2 is 1.83 bits per heavy atom. The number of piperidine rings is 1. The van der Waals surface area contributed by atoms with Gasteiger partial charge in [-0.15, -0.1) is 5.10 Å². The van der Waals surface area contributed by atoms with E-state index in [1.807, 2.05) is 4.90 Å². The number of hydrogen-bond acceptors (Lipinski definition) is 11. The van der Waals surface area contributed by atoms with Crippen molar-refractivity contribution in [3.63, 3.8) is 0 Å². The van der Waals surface area contributed by atoms with Gasteiger partial charge in [0.1, 0.15) is 18.5 Å². The van der Waals surface area contributed by atoms with Crippen molar-refractivity contribution in [3.8, 4) is 5.75 Å². The molecule has 3 aromatic heterocycles. The molecule has 0 bridgehead atoms. The molecule has 6 heterocycles. The number of carbonyl (C=O) groups excluding carboxylic acids is 2. The monoisotopic (exact) mass is 764 g/mol. The van der Waals surface area contributed by atoms with Gasteiger partial charge in [-0.3, -0.25) is 14.4 Å². The highest BCUT2D eigenvalue weighted by molar-refractivity contribution is 7.81. The first-order valence-corrected chi connectivity index (χ1v) is 18.0. The number of benzene rings is 1. The van der Waals surface area contributed by atoms with Gasteiger partial charge < -0.3 is 29.5 Å². The highest BCUT2D eigenvalue weighted by Crippen LogP contribution is 2.43. The summed E-state index contributed by atoms with van der Waals surface area (Å²) in [5.41, 5.74) is -1.97. The quantitative estimate of drug-likeness (QED) is 0.294. The maximum Gasteiger partial charge on any atom is 0.416 e. The lowest BCUT2D eigenvalue weighted by atomic mass is 9.85. The van der Waals surface area contributed by atoms with E-state index in [-0.39, 0.29) is 77.7 Å². The Morgan fingerprint density at radius 3 is 2.48 bits per heavy atom. The van der Waals surface area contributed by atoms with Crippen LogP contribution in [0.3, 0.4) is 0 Å². The molecule has 52 heavy (non-hydrogen) atoms. The predicted octanol–water partition coefficient (Wildman–Crippen LogP) is 2.08. The number of anilines is 2. The molecule has 2 amide bonds. The van der Waals surface area contributed by atoms with E-state index >= 15 is 0 Å². The fourth-order valence-corrected chi connectivity index (χ4v) is 7.69. The first-order chi connectivity index (χ1) is 24.7. The summed E-state index contributed by atoms with van der Waals surface area (Å²) in [5.74, 6) is -1.23. The number of nitrogens with one attached hydrogen (secondary N) is 1. The third kappa shape index (κ3) is 6.37. The molecule has 276 valence electrons. The van der Waals surface area contributed by atoms with Crippen LogP contribution in [-0.4, -0.2) is 105 Å². The second-order valence-electron chi connectivity index (χ2n) is 12.6. The number of aromatic nitrogens is 6. The number of nitrogens with zero attached hydrogens (tertiary/aromatic N) is 9. The largest absolute Gasteiger partial charge is 0.504 e. The zero-order valence-corrected chi connectivity index (χ0v) is 29.4. The van der Waals surface area contributed by atoms with Crippen molar-refractivity contribution in [1.29, 1.82) is 0 Å². The molecule has 21 heteroatoms. The van der Waals surface area contributed by atoms with Crippen molar-refractivity contribution >= 4 is 51.8 Å². The molecule has 2 saturated heterocycles. The van der Waals surface area contributed by atoms with Crippen LogP contribution >= 0.6 is 11.6 Å². The highest BCUT2D eigenvalue weighted by Gasteiger charge is 2.48. The summed E-state index contributed by atoms with van der Waals surface area (Å²) in [5, 5.41) is 17.2. The summed E-state index contributed by atoms with van der Waals surface area (Å²) in [6, 6.07) is 2.58. The lowest BCUT2D eigenvalue weighted by Crippen LogP contribution is -2.47. The van der Waals surface area contributed by atoms with Crippen molar-refractivity contribution in [2.24, 2.45) is 0 Å². The average molecular weight is 765 g/mol. The number of rotatable bonds is 6. The van der Waals surface area contributed by atoms with E-state index in [2.05, 4.69) is 25.4 Å². The molecule has 4 aromatic rings.